The zero-order valence-electron chi connectivity index (χ0n) is 13.1. The Morgan fingerprint density at radius 3 is 2.60 bits per heavy atom. The second-order valence-electron chi connectivity index (χ2n) is 8.05. The van der Waals surface area contributed by atoms with Gasteiger partial charge in [-0.25, -0.2) is 0 Å². The highest BCUT2D eigenvalue weighted by atomic mass is 16.2. The number of carbonyl (C=O) groups excluding carboxylic acids is 1. The molecule has 3 heteroatoms. The maximum atomic E-state index is 13.0. The summed E-state index contributed by atoms with van der Waals surface area (Å²) in [5.41, 5.74) is 6.46. The Morgan fingerprint density at radius 1 is 1.10 bits per heavy atom. The molecule has 0 bridgehead atoms. The molecule has 0 aromatic carbocycles. The summed E-state index contributed by atoms with van der Waals surface area (Å²) in [5.74, 6) is 1.91. The van der Waals surface area contributed by atoms with Gasteiger partial charge in [-0.2, -0.15) is 0 Å². The van der Waals surface area contributed by atoms with Crippen molar-refractivity contribution in [1.29, 1.82) is 0 Å². The molecule has 3 nitrogen and oxygen atoms in total. The van der Waals surface area contributed by atoms with Crippen LogP contribution in [-0.2, 0) is 4.79 Å². The van der Waals surface area contributed by atoms with E-state index in [0.29, 0.717) is 23.8 Å². The third-order valence-corrected chi connectivity index (χ3v) is 6.27. The van der Waals surface area contributed by atoms with Crippen LogP contribution in [0.15, 0.2) is 0 Å². The first kappa shape index (κ1) is 14.4. The highest BCUT2D eigenvalue weighted by molar-refractivity contribution is 5.80. The minimum atomic E-state index is 0.186. The van der Waals surface area contributed by atoms with Crippen LogP contribution in [0.3, 0.4) is 0 Å². The quantitative estimate of drug-likeness (QED) is 0.801. The summed E-state index contributed by atoms with van der Waals surface area (Å²) in [7, 11) is 0. The maximum absolute atomic E-state index is 13.0. The van der Waals surface area contributed by atoms with E-state index in [4.69, 9.17) is 5.73 Å². The number of hydrogen-bond donors (Lipinski definition) is 1. The topological polar surface area (TPSA) is 46.3 Å². The number of rotatable bonds is 1. The molecule has 3 aliphatic rings. The molecule has 1 aliphatic heterocycles. The van der Waals surface area contributed by atoms with E-state index in [9.17, 15) is 4.79 Å². The lowest BCUT2D eigenvalue weighted by Crippen LogP contribution is -2.43. The van der Waals surface area contributed by atoms with Crippen molar-refractivity contribution in [3.05, 3.63) is 0 Å². The maximum Gasteiger partial charge on any atom is 0.226 e. The number of likely N-dealkylation sites (tertiary alicyclic amines) is 1. The predicted molar refractivity (Wildman–Crippen MR) is 81.1 cm³/mol. The van der Waals surface area contributed by atoms with Gasteiger partial charge in [-0.15, -0.1) is 0 Å². The van der Waals surface area contributed by atoms with Gasteiger partial charge in [0.15, 0.2) is 0 Å². The fourth-order valence-corrected chi connectivity index (χ4v) is 4.87. The van der Waals surface area contributed by atoms with E-state index in [2.05, 4.69) is 18.7 Å². The molecule has 4 atom stereocenters. The molecular weight excluding hydrogens is 248 g/mol. The molecule has 2 saturated carbocycles. The first-order valence-electron chi connectivity index (χ1n) is 8.53. The minimum absolute atomic E-state index is 0.186. The van der Waals surface area contributed by atoms with Crippen LogP contribution in [0.5, 0.6) is 0 Å². The van der Waals surface area contributed by atoms with Crippen molar-refractivity contribution in [2.75, 3.05) is 13.1 Å². The Labute approximate surface area is 123 Å². The van der Waals surface area contributed by atoms with E-state index in [0.717, 1.165) is 25.9 Å². The molecule has 2 N–H and O–H groups in total. The molecule has 20 heavy (non-hydrogen) atoms. The summed E-state index contributed by atoms with van der Waals surface area (Å²) in [6, 6.07) is 0.325. The van der Waals surface area contributed by atoms with Crippen LogP contribution in [0.2, 0.25) is 0 Å². The number of amides is 1. The van der Waals surface area contributed by atoms with Crippen LogP contribution in [-0.4, -0.2) is 29.9 Å². The molecule has 114 valence electrons. The van der Waals surface area contributed by atoms with Crippen LogP contribution in [0.1, 0.15) is 58.8 Å². The van der Waals surface area contributed by atoms with Crippen molar-refractivity contribution in [1.82, 2.24) is 4.90 Å². The van der Waals surface area contributed by atoms with Gasteiger partial charge < -0.3 is 10.6 Å². The second kappa shape index (κ2) is 5.32. The fraction of sp³-hybridized carbons (Fsp3) is 0.941. The molecule has 0 radical (unpaired) electrons. The number of fused-ring (bicyclic) bond motifs is 1. The Bertz CT molecular complexity index is 379. The molecule has 1 saturated heterocycles. The van der Waals surface area contributed by atoms with Crippen molar-refractivity contribution in [2.24, 2.45) is 28.9 Å². The Morgan fingerprint density at radius 2 is 1.90 bits per heavy atom. The van der Waals surface area contributed by atoms with Crippen molar-refractivity contribution in [2.45, 2.75) is 64.8 Å². The number of hydrogen-bond acceptors (Lipinski definition) is 2. The van der Waals surface area contributed by atoms with Crippen molar-refractivity contribution in [3.63, 3.8) is 0 Å². The summed E-state index contributed by atoms with van der Waals surface area (Å²) < 4.78 is 0. The van der Waals surface area contributed by atoms with Crippen LogP contribution in [0, 0.1) is 23.2 Å². The SMILES string of the molecule is CC1(C)CCCCC1C(=O)N1CC2CCCC(N)C2C1. The molecular formula is C17H30N2O. The first-order chi connectivity index (χ1) is 9.49. The van der Waals surface area contributed by atoms with Gasteiger partial charge in [0.05, 0.1) is 0 Å². The monoisotopic (exact) mass is 278 g/mol. The summed E-state index contributed by atoms with van der Waals surface area (Å²) in [5, 5.41) is 0. The van der Waals surface area contributed by atoms with Gasteiger partial charge in [-0.1, -0.05) is 33.1 Å². The number of nitrogens with two attached hydrogens (primary N) is 1. The Balaban J connectivity index is 1.69. The molecule has 1 heterocycles. The molecule has 1 amide bonds. The number of carbonyl (C=O) groups is 1. The van der Waals surface area contributed by atoms with Gasteiger partial charge in [-0.05, 0) is 42.9 Å². The second-order valence-corrected chi connectivity index (χ2v) is 8.05. The van der Waals surface area contributed by atoms with E-state index in [1.165, 1.54) is 32.1 Å². The summed E-state index contributed by atoms with van der Waals surface area (Å²) in [6.45, 7) is 6.47. The average Bonchev–Trinajstić information content (AvgIpc) is 2.83. The normalized spacial score (nSPS) is 40.5. The summed E-state index contributed by atoms with van der Waals surface area (Å²) >= 11 is 0. The van der Waals surface area contributed by atoms with Crippen LogP contribution >= 0.6 is 0 Å². The molecule has 4 unspecified atom stereocenters. The molecule has 0 spiro atoms. The fourth-order valence-electron chi connectivity index (χ4n) is 4.87. The van der Waals surface area contributed by atoms with Gasteiger partial charge in [0.1, 0.15) is 0 Å². The van der Waals surface area contributed by atoms with E-state index in [1.807, 2.05) is 0 Å². The van der Waals surface area contributed by atoms with Crippen LogP contribution in [0.4, 0.5) is 0 Å². The summed E-state index contributed by atoms with van der Waals surface area (Å²) in [6.07, 6.45) is 8.47. The summed E-state index contributed by atoms with van der Waals surface area (Å²) in [4.78, 5) is 15.1. The molecule has 0 aromatic rings. The lowest BCUT2D eigenvalue weighted by atomic mass is 9.68. The zero-order valence-corrected chi connectivity index (χ0v) is 13.1. The molecule has 3 fully saturated rings. The minimum Gasteiger partial charge on any atom is -0.342 e. The Hall–Kier alpha value is -0.570. The van der Waals surface area contributed by atoms with Crippen LogP contribution < -0.4 is 5.73 Å². The third-order valence-electron chi connectivity index (χ3n) is 6.27. The van der Waals surface area contributed by atoms with E-state index in [1.54, 1.807) is 0 Å². The van der Waals surface area contributed by atoms with E-state index in [-0.39, 0.29) is 11.3 Å². The first-order valence-corrected chi connectivity index (χ1v) is 8.53. The highest BCUT2D eigenvalue weighted by Gasteiger charge is 2.45. The van der Waals surface area contributed by atoms with E-state index < -0.39 is 0 Å². The molecule has 3 rings (SSSR count). The van der Waals surface area contributed by atoms with Crippen molar-refractivity contribution >= 4 is 5.91 Å². The zero-order chi connectivity index (χ0) is 14.3. The highest BCUT2D eigenvalue weighted by Crippen LogP contribution is 2.43. The van der Waals surface area contributed by atoms with Gasteiger partial charge in [0, 0.05) is 25.0 Å². The van der Waals surface area contributed by atoms with Gasteiger partial charge >= 0.3 is 0 Å². The predicted octanol–water partition coefficient (Wildman–Crippen LogP) is 2.79. The van der Waals surface area contributed by atoms with Gasteiger partial charge in [0.2, 0.25) is 5.91 Å². The lowest BCUT2D eigenvalue weighted by Gasteiger charge is -2.39. The average molecular weight is 278 g/mol. The van der Waals surface area contributed by atoms with E-state index >= 15 is 0 Å². The van der Waals surface area contributed by atoms with Crippen molar-refractivity contribution < 1.29 is 4.79 Å². The Kier molecular flexibility index (Phi) is 3.83. The lowest BCUT2D eigenvalue weighted by molar-refractivity contribution is -0.140. The van der Waals surface area contributed by atoms with Crippen molar-refractivity contribution in [3.8, 4) is 0 Å². The largest absolute Gasteiger partial charge is 0.342 e. The van der Waals surface area contributed by atoms with Gasteiger partial charge in [-0.3, -0.25) is 4.79 Å². The van der Waals surface area contributed by atoms with Gasteiger partial charge in [0.25, 0.3) is 0 Å². The number of nitrogens with zero attached hydrogens (tertiary/aromatic N) is 1. The standard InChI is InChI=1S/C17H30N2O/c1-17(2)9-4-3-7-14(17)16(20)19-10-12-6-5-8-15(18)13(12)11-19/h12-15H,3-11,18H2,1-2H3. The van der Waals surface area contributed by atoms with Crippen LogP contribution in [0.25, 0.3) is 0 Å². The third kappa shape index (κ3) is 2.49. The molecule has 2 aliphatic carbocycles. The smallest absolute Gasteiger partial charge is 0.226 e. The molecule has 0 aromatic heterocycles.